The standard InChI is InChI=1S/C22H17ClN2O4S/c1-28-16-5-2-4-15(12-16)24-21(26)18-19(17-6-3-11-30-17)25(29-20(18)22(24)27)14-9-7-13(23)8-10-14/h2-12,18-20H,1H3/t18-,19+,20-/m1/s1. The van der Waals surface area contributed by atoms with Gasteiger partial charge < -0.3 is 4.74 Å². The lowest BCUT2D eigenvalue weighted by molar-refractivity contribution is -0.126. The molecule has 2 fully saturated rings. The van der Waals surface area contributed by atoms with Crippen molar-refractivity contribution >= 4 is 46.1 Å². The maximum Gasteiger partial charge on any atom is 0.266 e. The topological polar surface area (TPSA) is 59.1 Å². The number of rotatable bonds is 4. The molecule has 152 valence electrons. The van der Waals surface area contributed by atoms with E-state index in [4.69, 9.17) is 21.2 Å². The molecule has 2 aromatic carbocycles. The van der Waals surface area contributed by atoms with Crippen LogP contribution in [0.5, 0.6) is 5.75 Å². The third-order valence-corrected chi connectivity index (χ3v) is 6.54. The van der Waals surface area contributed by atoms with E-state index in [2.05, 4.69) is 0 Å². The van der Waals surface area contributed by atoms with E-state index in [9.17, 15) is 9.59 Å². The van der Waals surface area contributed by atoms with Gasteiger partial charge >= 0.3 is 0 Å². The van der Waals surface area contributed by atoms with Crippen LogP contribution in [0.15, 0.2) is 66.0 Å². The summed E-state index contributed by atoms with van der Waals surface area (Å²) in [7, 11) is 1.54. The second-order valence-electron chi connectivity index (χ2n) is 7.03. The SMILES string of the molecule is COc1cccc(N2C(=O)[C@H]3[C@@H](ON(c4ccc(Cl)cc4)[C@H]3c3cccs3)C2=O)c1. The van der Waals surface area contributed by atoms with Crippen LogP contribution < -0.4 is 14.7 Å². The molecule has 5 rings (SSSR count). The van der Waals surface area contributed by atoms with Gasteiger partial charge in [-0.2, -0.15) is 0 Å². The smallest absolute Gasteiger partial charge is 0.266 e. The average Bonchev–Trinajstić information content (AvgIpc) is 3.46. The molecule has 2 saturated heterocycles. The molecule has 3 heterocycles. The first-order valence-corrected chi connectivity index (χ1v) is 10.6. The van der Waals surface area contributed by atoms with E-state index in [1.165, 1.54) is 16.2 Å². The lowest BCUT2D eigenvalue weighted by Gasteiger charge is -2.28. The number of benzene rings is 2. The molecule has 0 bridgehead atoms. The minimum Gasteiger partial charge on any atom is -0.497 e. The highest BCUT2D eigenvalue weighted by molar-refractivity contribution is 7.10. The van der Waals surface area contributed by atoms with Gasteiger partial charge in [0.2, 0.25) is 5.91 Å². The Morgan fingerprint density at radius 1 is 1.00 bits per heavy atom. The fourth-order valence-corrected chi connectivity index (χ4v) is 4.96. The first kappa shape index (κ1) is 19.1. The first-order valence-electron chi connectivity index (χ1n) is 9.35. The normalized spacial score (nSPS) is 23.2. The molecule has 2 aliphatic heterocycles. The van der Waals surface area contributed by atoms with Crippen molar-refractivity contribution in [3.63, 3.8) is 0 Å². The summed E-state index contributed by atoms with van der Waals surface area (Å²) in [6, 6.07) is 17.5. The minimum atomic E-state index is -0.897. The van der Waals surface area contributed by atoms with Crippen molar-refractivity contribution < 1.29 is 19.2 Å². The lowest BCUT2D eigenvalue weighted by atomic mass is 9.95. The highest BCUT2D eigenvalue weighted by Crippen LogP contribution is 2.48. The molecule has 0 aliphatic carbocycles. The van der Waals surface area contributed by atoms with Crippen molar-refractivity contribution in [3.8, 4) is 5.75 Å². The number of halogens is 1. The molecular formula is C22H17ClN2O4S. The zero-order valence-corrected chi connectivity index (χ0v) is 17.5. The lowest BCUT2D eigenvalue weighted by Crippen LogP contribution is -2.37. The zero-order valence-electron chi connectivity index (χ0n) is 15.9. The van der Waals surface area contributed by atoms with Crippen molar-refractivity contribution in [2.75, 3.05) is 17.1 Å². The van der Waals surface area contributed by atoms with Gasteiger partial charge in [-0.25, -0.2) is 9.96 Å². The number of imide groups is 1. The number of nitrogens with zero attached hydrogens (tertiary/aromatic N) is 2. The molecule has 0 spiro atoms. The van der Waals surface area contributed by atoms with Crippen molar-refractivity contribution in [2.24, 2.45) is 5.92 Å². The van der Waals surface area contributed by atoms with Gasteiger partial charge in [0.15, 0.2) is 6.10 Å². The molecule has 1 aromatic heterocycles. The predicted octanol–water partition coefficient (Wildman–Crippen LogP) is 4.46. The largest absolute Gasteiger partial charge is 0.497 e. The van der Waals surface area contributed by atoms with E-state index in [0.29, 0.717) is 16.5 Å². The average molecular weight is 441 g/mol. The van der Waals surface area contributed by atoms with Crippen molar-refractivity contribution in [1.82, 2.24) is 0 Å². The molecule has 0 unspecified atom stereocenters. The Kier molecular flexibility index (Phi) is 4.73. The second-order valence-corrected chi connectivity index (χ2v) is 8.44. The van der Waals surface area contributed by atoms with Gasteiger partial charge in [0.25, 0.3) is 5.91 Å². The fraction of sp³-hybridized carbons (Fsp3) is 0.182. The summed E-state index contributed by atoms with van der Waals surface area (Å²) in [5.74, 6) is -0.744. The maximum absolute atomic E-state index is 13.5. The van der Waals surface area contributed by atoms with Crippen LogP contribution in [0.25, 0.3) is 0 Å². The third-order valence-electron chi connectivity index (χ3n) is 5.34. The third kappa shape index (κ3) is 2.98. The van der Waals surface area contributed by atoms with Crippen LogP contribution in [-0.4, -0.2) is 25.0 Å². The van der Waals surface area contributed by atoms with Gasteiger partial charge in [-0.3, -0.25) is 14.4 Å². The second kappa shape index (κ2) is 7.43. The monoisotopic (exact) mass is 440 g/mol. The zero-order chi connectivity index (χ0) is 20.8. The van der Waals surface area contributed by atoms with Gasteiger partial charge in [0, 0.05) is 16.0 Å². The van der Waals surface area contributed by atoms with Crippen LogP contribution in [0.3, 0.4) is 0 Å². The maximum atomic E-state index is 13.5. The minimum absolute atomic E-state index is 0.284. The van der Waals surface area contributed by atoms with Crippen molar-refractivity contribution in [2.45, 2.75) is 12.1 Å². The molecule has 0 saturated carbocycles. The summed E-state index contributed by atoms with van der Waals surface area (Å²) < 4.78 is 5.25. The number of amides is 2. The number of carbonyl (C=O) groups is 2. The van der Waals surface area contributed by atoms with Crippen LogP contribution >= 0.6 is 22.9 Å². The van der Waals surface area contributed by atoms with E-state index >= 15 is 0 Å². The summed E-state index contributed by atoms with van der Waals surface area (Å²) in [4.78, 5) is 35.0. The van der Waals surface area contributed by atoms with Gasteiger partial charge in [0.1, 0.15) is 17.7 Å². The number of methoxy groups -OCH3 is 1. The summed E-state index contributed by atoms with van der Waals surface area (Å²) >= 11 is 7.55. The Balaban J connectivity index is 1.55. The van der Waals surface area contributed by atoms with Gasteiger partial charge in [-0.05, 0) is 47.8 Å². The number of thiophene rings is 1. The summed E-state index contributed by atoms with van der Waals surface area (Å²) in [6.45, 7) is 0. The Bertz CT molecular complexity index is 1100. The van der Waals surface area contributed by atoms with Gasteiger partial charge in [-0.1, -0.05) is 23.7 Å². The number of hydrogen-bond acceptors (Lipinski definition) is 6. The quantitative estimate of drug-likeness (QED) is 0.560. The van der Waals surface area contributed by atoms with Crippen LogP contribution in [0.4, 0.5) is 11.4 Å². The molecule has 2 aliphatic rings. The Morgan fingerprint density at radius 3 is 2.50 bits per heavy atom. The highest BCUT2D eigenvalue weighted by atomic mass is 35.5. The number of hydrogen-bond donors (Lipinski definition) is 0. The van der Waals surface area contributed by atoms with E-state index in [1.807, 2.05) is 29.6 Å². The van der Waals surface area contributed by atoms with Gasteiger partial charge in [0.05, 0.1) is 18.5 Å². The molecule has 0 radical (unpaired) electrons. The summed E-state index contributed by atoms with van der Waals surface area (Å²) in [6.07, 6.45) is -0.897. The number of carbonyl (C=O) groups excluding carboxylic acids is 2. The number of hydroxylamine groups is 1. The van der Waals surface area contributed by atoms with E-state index in [0.717, 1.165) is 10.6 Å². The fourth-order valence-electron chi connectivity index (χ4n) is 3.98. The van der Waals surface area contributed by atoms with Crippen molar-refractivity contribution in [1.29, 1.82) is 0 Å². The van der Waals surface area contributed by atoms with Crippen LogP contribution in [-0.2, 0) is 14.4 Å². The molecule has 2 amide bonds. The number of anilines is 2. The highest BCUT2D eigenvalue weighted by Gasteiger charge is 2.60. The van der Waals surface area contributed by atoms with E-state index in [-0.39, 0.29) is 11.8 Å². The Hall–Kier alpha value is -2.87. The molecule has 8 heteroatoms. The van der Waals surface area contributed by atoms with Crippen LogP contribution in [0.1, 0.15) is 10.9 Å². The Morgan fingerprint density at radius 2 is 1.80 bits per heavy atom. The molecule has 3 atom stereocenters. The van der Waals surface area contributed by atoms with E-state index in [1.54, 1.807) is 48.6 Å². The number of fused-ring (bicyclic) bond motifs is 1. The molecule has 0 N–H and O–H groups in total. The van der Waals surface area contributed by atoms with E-state index < -0.39 is 18.1 Å². The predicted molar refractivity (Wildman–Crippen MR) is 115 cm³/mol. The van der Waals surface area contributed by atoms with Crippen LogP contribution in [0.2, 0.25) is 5.02 Å². The Labute approximate surface area is 182 Å². The molecule has 6 nitrogen and oxygen atoms in total. The molecule has 3 aromatic rings. The summed E-state index contributed by atoms with van der Waals surface area (Å²) in [5.41, 5.74) is 1.21. The van der Waals surface area contributed by atoms with Crippen molar-refractivity contribution in [3.05, 3.63) is 75.9 Å². The van der Waals surface area contributed by atoms with Crippen LogP contribution in [0, 0.1) is 5.92 Å². The number of ether oxygens (including phenoxy) is 1. The van der Waals surface area contributed by atoms with Gasteiger partial charge in [-0.15, -0.1) is 11.3 Å². The molecule has 30 heavy (non-hydrogen) atoms. The summed E-state index contributed by atoms with van der Waals surface area (Å²) in [5, 5.41) is 4.21. The molecular weight excluding hydrogens is 424 g/mol. The first-order chi connectivity index (χ1) is 14.6.